The van der Waals surface area contributed by atoms with Gasteiger partial charge in [0, 0.05) is 12.1 Å². The van der Waals surface area contributed by atoms with Crippen molar-refractivity contribution in [3.05, 3.63) is 63.0 Å². The van der Waals surface area contributed by atoms with Gasteiger partial charge in [-0.25, -0.2) is 9.80 Å². The van der Waals surface area contributed by atoms with E-state index in [0.717, 1.165) is 11.8 Å². The number of thiocarbonyl (C=S) groups is 1. The predicted molar refractivity (Wildman–Crippen MR) is 122 cm³/mol. The van der Waals surface area contributed by atoms with Crippen LogP contribution in [0.5, 0.6) is 11.5 Å². The first kappa shape index (κ1) is 23.0. The highest BCUT2D eigenvalue weighted by Gasteiger charge is 2.32. The van der Waals surface area contributed by atoms with Crippen LogP contribution < -0.4 is 14.9 Å². The molecule has 2 N–H and O–H groups in total. The Bertz CT molecular complexity index is 1120. The highest BCUT2D eigenvalue weighted by atomic mass is 32.2. The van der Waals surface area contributed by atoms with Crippen molar-refractivity contribution in [3.63, 3.8) is 0 Å². The lowest BCUT2D eigenvalue weighted by atomic mass is 10.2. The number of nitrogens with zero attached hydrogens (tertiary/aromatic N) is 2. The fourth-order valence-corrected chi connectivity index (χ4v) is 3.79. The maximum atomic E-state index is 12.8. The predicted octanol–water partition coefficient (Wildman–Crippen LogP) is 3.68. The summed E-state index contributed by atoms with van der Waals surface area (Å²) < 4.78 is 10.9. The molecule has 1 amide bonds. The SMILES string of the molecule is COc1cc(/C=C2/SC(=S)N(Nc3ccc([N+](=O)[O-])cc3)C2=O)ccc1OC(C)C(=O)O. The van der Waals surface area contributed by atoms with E-state index in [9.17, 15) is 19.7 Å². The van der Waals surface area contributed by atoms with E-state index in [-0.39, 0.29) is 15.8 Å². The zero-order chi connectivity index (χ0) is 23.4. The van der Waals surface area contributed by atoms with Gasteiger partial charge < -0.3 is 14.6 Å². The van der Waals surface area contributed by atoms with Crippen LogP contribution >= 0.6 is 24.0 Å². The maximum absolute atomic E-state index is 12.8. The third-order valence-corrected chi connectivity index (χ3v) is 5.55. The monoisotopic (exact) mass is 475 g/mol. The number of carbonyl (C=O) groups is 2. The number of benzene rings is 2. The van der Waals surface area contributed by atoms with Crippen LogP contribution in [0, 0.1) is 10.1 Å². The zero-order valence-corrected chi connectivity index (χ0v) is 18.4. The van der Waals surface area contributed by atoms with Crippen molar-refractivity contribution in [2.24, 2.45) is 0 Å². The Morgan fingerprint density at radius 2 is 1.97 bits per heavy atom. The number of rotatable bonds is 8. The average Bonchev–Trinajstić information content (AvgIpc) is 3.02. The molecule has 1 atom stereocenters. The summed E-state index contributed by atoms with van der Waals surface area (Å²) in [6.07, 6.45) is 0.556. The summed E-state index contributed by atoms with van der Waals surface area (Å²) in [6.45, 7) is 1.40. The van der Waals surface area contributed by atoms with Gasteiger partial charge in [0.1, 0.15) is 0 Å². The first-order chi connectivity index (χ1) is 15.2. The highest BCUT2D eigenvalue weighted by Crippen LogP contribution is 2.35. The number of nitrogens with one attached hydrogen (secondary N) is 1. The smallest absolute Gasteiger partial charge is 0.344 e. The number of nitro groups is 1. The van der Waals surface area contributed by atoms with Crippen molar-refractivity contribution < 1.29 is 29.1 Å². The van der Waals surface area contributed by atoms with Crippen molar-refractivity contribution in [1.82, 2.24) is 5.01 Å². The number of carbonyl (C=O) groups excluding carboxylic acids is 1. The number of anilines is 1. The lowest BCUT2D eigenvalue weighted by Gasteiger charge is -2.16. The Morgan fingerprint density at radius 1 is 1.28 bits per heavy atom. The number of hydrogen-bond donors (Lipinski definition) is 2. The molecular formula is C20H17N3O7S2. The van der Waals surface area contributed by atoms with Crippen LogP contribution in [-0.4, -0.2) is 44.4 Å². The van der Waals surface area contributed by atoms with Crippen molar-refractivity contribution >= 4 is 57.6 Å². The molecule has 1 aliphatic rings. The molecule has 0 aromatic heterocycles. The summed E-state index contributed by atoms with van der Waals surface area (Å²) in [7, 11) is 1.42. The van der Waals surface area contributed by atoms with Gasteiger partial charge in [0.2, 0.25) is 0 Å². The van der Waals surface area contributed by atoms with Crippen LogP contribution in [0.15, 0.2) is 47.4 Å². The molecule has 1 unspecified atom stereocenters. The second kappa shape index (κ2) is 9.66. The second-order valence-electron chi connectivity index (χ2n) is 6.44. The number of non-ortho nitro benzene ring substituents is 1. The quantitative estimate of drug-likeness (QED) is 0.252. The van der Waals surface area contributed by atoms with Crippen LogP contribution in [0.3, 0.4) is 0 Å². The lowest BCUT2D eigenvalue weighted by Crippen LogP contribution is -2.33. The Labute approximate surface area is 191 Å². The van der Waals surface area contributed by atoms with E-state index in [4.69, 9.17) is 26.8 Å². The fraction of sp³-hybridized carbons (Fsp3) is 0.150. The number of amides is 1. The molecule has 32 heavy (non-hydrogen) atoms. The molecule has 1 aliphatic heterocycles. The number of carboxylic acids is 1. The lowest BCUT2D eigenvalue weighted by molar-refractivity contribution is -0.384. The summed E-state index contributed by atoms with van der Waals surface area (Å²) in [4.78, 5) is 34.4. The van der Waals surface area contributed by atoms with Gasteiger partial charge in [0.15, 0.2) is 21.9 Å². The number of aliphatic carboxylic acids is 1. The third kappa shape index (κ3) is 5.15. The van der Waals surface area contributed by atoms with Crippen LogP contribution in [0.2, 0.25) is 0 Å². The van der Waals surface area contributed by atoms with Crippen LogP contribution in [0.4, 0.5) is 11.4 Å². The van der Waals surface area contributed by atoms with Gasteiger partial charge in [-0.15, -0.1) is 0 Å². The molecule has 0 aliphatic carbocycles. The molecule has 0 radical (unpaired) electrons. The molecular weight excluding hydrogens is 458 g/mol. The summed E-state index contributed by atoms with van der Waals surface area (Å²) in [5.74, 6) is -0.934. The molecule has 12 heteroatoms. The van der Waals surface area contributed by atoms with Gasteiger partial charge in [-0.2, -0.15) is 0 Å². The molecule has 1 heterocycles. The fourth-order valence-electron chi connectivity index (χ4n) is 2.61. The molecule has 2 aromatic rings. The molecule has 3 rings (SSSR count). The van der Waals surface area contributed by atoms with Crippen molar-refractivity contribution in [3.8, 4) is 11.5 Å². The van der Waals surface area contributed by atoms with Gasteiger partial charge in [-0.1, -0.05) is 17.8 Å². The van der Waals surface area contributed by atoms with E-state index in [0.29, 0.717) is 21.9 Å². The van der Waals surface area contributed by atoms with Crippen LogP contribution in [-0.2, 0) is 9.59 Å². The molecule has 0 spiro atoms. The third-order valence-electron chi connectivity index (χ3n) is 4.25. The van der Waals surface area contributed by atoms with Crippen molar-refractivity contribution in [2.75, 3.05) is 12.5 Å². The van der Waals surface area contributed by atoms with E-state index in [1.807, 2.05) is 0 Å². The van der Waals surface area contributed by atoms with Gasteiger partial charge in [-0.05, 0) is 55.0 Å². The Morgan fingerprint density at radius 3 is 2.56 bits per heavy atom. The first-order valence-corrected chi connectivity index (χ1v) is 10.3. The summed E-state index contributed by atoms with van der Waals surface area (Å²) in [5, 5.41) is 21.0. The van der Waals surface area contributed by atoms with Crippen LogP contribution in [0.25, 0.3) is 6.08 Å². The molecule has 166 valence electrons. The maximum Gasteiger partial charge on any atom is 0.344 e. The molecule has 10 nitrogen and oxygen atoms in total. The number of carboxylic acid groups (broad SMARTS) is 1. The van der Waals surface area contributed by atoms with E-state index in [1.165, 1.54) is 43.3 Å². The van der Waals surface area contributed by atoms with E-state index in [1.54, 1.807) is 24.3 Å². The highest BCUT2D eigenvalue weighted by molar-refractivity contribution is 8.26. The summed E-state index contributed by atoms with van der Waals surface area (Å²) in [5.41, 5.74) is 3.86. The molecule has 2 aromatic carbocycles. The van der Waals surface area contributed by atoms with E-state index in [2.05, 4.69) is 5.43 Å². The number of hydrazine groups is 1. The largest absolute Gasteiger partial charge is 0.493 e. The van der Waals surface area contributed by atoms with Crippen molar-refractivity contribution in [1.29, 1.82) is 0 Å². The number of methoxy groups -OCH3 is 1. The molecule has 1 fully saturated rings. The molecule has 0 saturated carbocycles. The van der Waals surface area contributed by atoms with Gasteiger partial charge >= 0.3 is 5.97 Å². The summed E-state index contributed by atoms with van der Waals surface area (Å²) in [6, 6.07) is 10.4. The first-order valence-electron chi connectivity index (χ1n) is 9.06. The Hall–Kier alpha value is -3.64. The number of thioether (sulfide) groups is 1. The topological polar surface area (TPSA) is 131 Å². The second-order valence-corrected chi connectivity index (χ2v) is 8.12. The number of ether oxygens (including phenoxy) is 2. The molecule has 1 saturated heterocycles. The van der Waals surface area contributed by atoms with E-state index >= 15 is 0 Å². The van der Waals surface area contributed by atoms with Crippen LogP contribution in [0.1, 0.15) is 12.5 Å². The number of hydrogen-bond acceptors (Lipinski definition) is 9. The Kier molecular flexibility index (Phi) is 6.95. The number of nitro benzene ring substituents is 1. The zero-order valence-electron chi connectivity index (χ0n) is 16.8. The average molecular weight is 476 g/mol. The van der Waals surface area contributed by atoms with Gasteiger partial charge in [-0.3, -0.25) is 20.3 Å². The minimum atomic E-state index is -1.11. The van der Waals surface area contributed by atoms with Gasteiger partial charge in [0.25, 0.3) is 11.6 Å². The normalized spacial score (nSPS) is 15.6. The minimum Gasteiger partial charge on any atom is -0.493 e. The molecule has 0 bridgehead atoms. The Balaban J connectivity index is 1.77. The minimum absolute atomic E-state index is 0.0695. The van der Waals surface area contributed by atoms with Crippen molar-refractivity contribution in [2.45, 2.75) is 13.0 Å². The van der Waals surface area contributed by atoms with E-state index < -0.39 is 22.9 Å². The standard InChI is InChI=1S/C20H17N3O7S2/c1-11(19(25)26)30-15-8-3-12(9-16(15)29-2)10-17-18(24)22(20(31)32-17)21-13-4-6-14(7-5-13)23(27)28/h3-11,21H,1-2H3,(H,25,26)/b17-10+. The van der Waals surface area contributed by atoms with Gasteiger partial charge in [0.05, 0.1) is 22.6 Å². The summed E-state index contributed by atoms with van der Waals surface area (Å²) >= 11 is 6.36.